The van der Waals surface area contributed by atoms with Crippen molar-refractivity contribution < 1.29 is 0 Å². The standard InChI is InChI=1S/C70H49N/c1-69(2)64-37-19-17-35-60(64)62-36-21-39-67(68(62)69)71(49-41-43-61-59-34-18-20-38-65(59)70(66(61)45-49,46-22-5-3-6-23-46)47-24-7-4-8-25-47)48-40-42-58-56-32-14-13-30-54(56)52-28-10-9-26-50(52)51-27-11-12-29-53(51)55-31-15-16-33-57(55)63(58)44-48/h3-45H,1-2H3. The van der Waals surface area contributed by atoms with Gasteiger partial charge in [-0.1, -0.05) is 244 Å². The van der Waals surface area contributed by atoms with E-state index in [4.69, 9.17) is 0 Å². The topological polar surface area (TPSA) is 3.24 Å². The summed E-state index contributed by atoms with van der Waals surface area (Å²) in [6.07, 6.45) is 0. The van der Waals surface area contributed by atoms with Crippen molar-refractivity contribution in [2.45, 2.75) is 24.7 Å². The summed E-state index contributed by atoms with van der Waals surface area (Å²) in [5.74, 6) is 0. The Morgan fingerprint density at radius 2 is 0.648 bits per heavy atom. The van der Waals surface area contributed by atoms with Crippen LogP contribution in [0.1, 0.15) is 47.2 Å². The fourth-order valence-corrected chi connectivity index (χ4v) is 12.9. The monoisotopic (exact) mass is 903 g/mol. The van der Waals surface area contributed by atoms with E-state index in [1.165, 1.54) is 115 Å². The Balaban J connectivity index is 1.13. The smallest absolute Gasteiger partial charge is 0.0714 e. The molecule has 0 unspecified atom stereocenters. The van der Waals surface area contributed by atoms with Gasteiger partial charge in [-0.25, -0.2) is 0 Å². The molecule has 0 spiro atoms. The summed E-state index contributed by atoms with van der Waals surface area (Å²) < 4.78 is 0. The number of fused-ring (bicyclic) bond motifs is 16. The van der Waals surface area contributed by atoms with Crippen LogP contribution in [0.3, 0.4) is 0 Å². The maximum absolute atomic E-state index is 2.58. The van der Waals surface area contributed by atoms with Gasteiger partial charge >= 0.3 is 0 Å². The van der Waals surface area contributed by atoms with Crippen molar-refractivity contribution in [1.29, 1.82) is 0 Å². The van der Waals surface area contributed by atoms with Gasteiger partial charge in [-0.2, -0.15) is 0 Å². The molecule has 2 aliphatic rings. The van der Waals surface area contributed by atoms with Crippen LogP contribution in [0.15, 0.2) is 261 Å². The van der Waals surface area contributed by atoms with Crippen molar-refractivity contribution >= 4 is 70.9 Å². The number of benzene rings is 11. The molecule has 0 aliphatic heterocycles. The molecule has 0 saturated carbocycles. The van der Waals surface area contributed by atoms with Crippen LogP contribution in [-0.2, 0) is 10.8 Å². The predicted molar refractivity (Wildman–Crippen MR) is 301 cm³/mol. The van der Waals surface area contributed by atoms with E-state index >= 15 is 0 Å². The Bertz CT molecular complexity index is 4090. The second-order valence-electron chi connectivity index (χ2n) is 19.9. The third-order valence-corrected chi connectivity index (χ3v) is 15.9. The van der Waals surface area contributed by atoms with Crippen LogP contribution in [0.4, 0.5) is 17.1 Å². The van der Waals surface area contributed by atoms with E-state index < -0.39 is 5.41 Å². The van der Waals surface area contributed by atoms with E-state index in [0.29, 0.717) is 0 Å². The summed E-state index contributed by atoms with van der Waals surface area (Å²) in [6, 6.07) is 97.8. The minimum absolute atomic E-state index is 0.270. The third kappa shape index (κ3) is 6.00. The number of rotatable bonds is 5. The van der Waals surface area contributed by atoms with Gasteiger partial charge in [0.05, 0.1) is 11.1 Å². The molecule has 0 bridgehead atoms. The number of anilines is 3. The lowest BCUT2D eigenvalue weighted by atomic mass is 9.67. The van der Waals surface area contributed by atoms with Gasteiger partial charge in [0.25, 0.3) is 0 Å². The first-order chi connectivity index (χ1) is 35.0. The van der Waals surface area contributed by atoms with Crippen molar-refractivity contribution in [3.8, 4) is 22.3 Å². The number of hydrogen-bond acceptors (Lipinski definition) is 1. The Labute approximate surface area is 414 Å². The molecule has 0 N–H and O–H groups in total. The molecule has 71 heavy (non-hydrogen) atoms. The van der Waals surface area contributed by atoms with Crippen molar-refractivity contribution in [2.24, 2.45) is 0 Å². The van der Waals surface area contributed by atoms with Crippen molar-refractivity contribution in [1.82, 2.24) is 0 Å². The van der Waals surface area contributed by atoms with Gasteiger partial charge in [-0.3, -0.25) is 0 Å². The maximum Gasteiger partial charge on any atom is 0.0714 e. The second-order valence-corrected chi connectivity index (χ2v) is 19.9. The lowest BCUT2D eigenvalue weighted by molar-refractivity contribution is 0.661. The van der Waals surface area contributed by atoms with Gasteiger partial charge in [0.15, 0.2) is 0 Å². The molecule has 0 radical (unpaired) electrons. The lowest BCUT2D eigenvalue weighted by Crippen LogP contribution is -2.28. The molecule has 0 atom stereocenters. The quantitative estimate of drug-likeness (QED) is 0.166. The Kier molecular flexibility index (Phi) is 9.22. The van der Waals surface area contributed by atoms with Gasteiger partial charge in [0, 0.05) is 16.8 Å². The van der Waals surface area contributed by atoms with E-state index in [2.05, 4.69) is 280 Å². The van der Waals surface area contributed by atoms with Crippen LogP contribution in [0, 0.1) is 0 Å². The Hall–Kier alpha value is -8.78. The SMILES string of the molecule is CC1(C)c2ccccc2-c2cccc(N(c3ccc4c(c3)C(c3ccccc3)(c3ccccc3)c3ccccc3-4)c3ccc4c5ccccc5c5ccccc5c5ccccc5c5ccccc5c4c3)c21. The van der Waals surface area contributed by atoms with Gasteiger partial charge in [-0.15, -0.1) is 0 Å². The molecule has 0 aromatic heterocycles. The van der Waals surface area contributed by atoms with E-state index in [1.807, 2.05) is 0 Å². The highest BCUT2D eigenvalue weighted by atomic mass is 15.1. The van der Waals surface area contributed by atoms with Crippen molar-refractivity contribution in [2.75, 3.05) is 4.90 Å². The molecule has 1 nitrogen and oxygen atoms in total. The van der Waals surface area contributed by atoms with E-state index in [-0.39, 0.29) is 5.41 Å². The van der Waals surface area contributed by atoms with Crippen LogP contribution < -0.4 is 4.90 Å². The molecule has 14 rings (SSSR count). The Morgan fingerprint density at radius 1 is 0.268 bits per heavy atom. The fourth-order valence-electron chi connectivity index (χ4n) is 12.9. The highest BCUT2D eigenvalue weighted by molar-refractivity contribution is 6.26. The fraction of sp³-hybridized carbons (Fsp3) is 0.0571. The first-order valence-corrected chi connectivity index (χ1v) is 24.9. The average molecular weight is 904 g/mol. The van der Waals surface area contributed by atoms with E-state index in [9.17, 15) is 0 Å². The minimum Gasteiger partial charge on any atom is -0.310 e. The summed E-state index contributed by atoms with van der Waals surface area (Å²) in [4.78, 5) is 2.58. The average Bonchev–Trinajstić information content (AvgIpc) is 3.87. The van der Waals surface area contributed by atoms with Crippen LogP contribution in [0.5, 0.6) is 0 Å². The summed E-state index contributed by atoms with van der Waals surface area (Å²) in [5.41, 5.74) is 15.5. The summed E-state index contributed by atoms with van der Waals surface area (Å²) in [5, 5.41) is 12.2. The van der Waals surface area contributed by atoms with E-state index in [1.54, 1.807) is 0 Å². The van der Waals surface area contributed by atoms with Crippen molar-refractivity contribution in [3.63, 3.8) is 0 Å². The second kappa shape index (κ2) is 15.9. The highest BCUT2D eigenvalue weighted by Crippen LogP contribution is 2.59. The molecule has 12 aromatic rings. The van der Waals surface area contributed by atoms with Gasteiger partial charge < -0.3 is 4.90 Å². The first-order valence-electron chi connectivity index (χ1n) is 24.9. The third-order valence-electron chi connectivity index (χ3n) is 15.9. The molecular formula is C70H49N. The molecule has 1 heteroatoms. The largest absolute Gasteiger partial charge is 0.310 e. The molecule has 12 aromatic carbocycles. The van der Waals surface area contributed by atoms with Crippen LogP contribution in [0.25, 0.3) is 76.1 Å². The zero-order valence-electron chi connectivity index (χ0n) is 39.8. The number of nitrogens with zero attached hydrogens (tertiary/aromatic N) is 1. The first kappa shape index (κ1) is 41.2. The summed E-state index contributed by atoms with van der Waals surface area (Å²) >= 11 is 0. The Morgan fingerprint density at radius 3 is 1.18 bits per heavy atom. The summed E-state index contributed by atoms with van der Waals surface area (Å²) in [7, 11) is 0. The van der Waals surface area contributed by atoms with E-state index in [0.717, 1.165) is 11.4 Å². The molecule has 334 valence electrons. The van der Waals surface area contributed by atoms with Gasteiger partial charge in [0.2, 0.25) is 0 Å². The maximum atomic E-state index is 2.58. The molecule has 0 saturated heterocycles. The molecule has 0 fully saturated rings. The molecule has 0 heterocycles. The van der Waals surface area contributed by atoms with Gasteiger partial charge in [-0.05, 0) is 140 Å². The predicted octanol–water partition coefficient (Wildman–Crippen LogP) is 18.7. The summed E-state index contributed by atoms with van der Waals surface area (Å²) in [6.45, 7) is 4.81. The normalized spacial score (nSPS) is 13.7. The van der Waals surface area contributed by atoms with Crippen LogP contribution in [0.2, 0.25) is 0 Å². The number of hydrogen-bond donors (Lipinski definition) is 0. The van der Waals surface area contributed by atoms with Crippen LogP contribution >= 0.6 is 0 Å². The zero-order valence-corrected chi connectivity index (χ0v) is 39.8. The van der Waals surface area contributed by atoms with Crippen molar-refractivity contribution in [3.05, 3.63) is 294 Å². The molecule has 2 aliphatic carbocycles. The minimum atomic E-state index is -0.556. The zero-order chi connectivity index (χ0) is 47.3. The van der Waals surface area contributed by atoms with Crippen LogP contribution in [-0.4, -0.2) is 0 Å². The van der Waals surface area contributed by atoms with Gasteiger partial charge in [0.1, 0.15) is 0 Å². The lowest BCUT2D eigenvalue weighted by Gasteiger charge is -2.36. The molecule has 0 amide bonds. The molecular weight excluding hydrogens is 855 g/mol. The highest BCUT2D eigenvalue weighted by Gasteiger charge is 2.47.